The van der Waals surface area contributed by atoms with Gasteiger partial charge in [-0.25, -0.2) is 5.48 Å². The van der Waals surface area contributed by atoms with E-state index in [0.29, 0.717) is 13.2 Å². The van der Waals surface area contributed by atoms with Crippen LogP contribution in [0.15, 0.2) is 28.9 Å². The fourth-order valence-electron chi connectivity index (χ4n) is 1.79. The zero-order valence-corrected chi connectivity index (χ0v) is 11.1. The number of hydrogen-bond acceptors (Lipinski definition) is 4. The second kappa shape index (κ2) is 6.36. The Balaban J connectivity index is 1.95. The van der Waals surface area contributed by atoms with E-state index in [4.69, 9.17) is 14.0 Å². The standard InChI is InChI=1S/C14H17NO4/c1-10-3-4-12-11(9-18-13(12)7-10)8-14(16)15-19-6-5-17-2/h3-4,7,9H,5-6,8H2,1-2H3,(H,15,16). The molecule has 1 aromatic carbocycles. The van der Waals surface area contributed by atoms with Gasteiger partial charge in [-0.15, -0.1) is 0 Å². The fraction of sp³-hybridized carbons (Fsp3) is 0.357. The Kier molecular flexibility index (Phi) is 4.54. The number of ether oxygens (including phenoxy) is 1. The van der Waals surface area contributed by atoms with Gasteiger partial charge in [0.25, 0.3) is 0 Å². The number of hydrogen-bond donors (Lipinski definition) is 1. The van der Waals surface area contributed by atoms with Gasteiger partial charge in [0, 0.05) is 18.1 Å². The number of rotatable bonds is 6. The third kappa shape index (κ3) is 3.56. The van der Waals surface area contributed by atoms with Crippen LogP contribution in [0.2, 0.25) is 0 Å². The van der Waals surface area contributed by atoms with E-state index >= 15 is 0 Å². The molecule has 0 radical (unpaired) electrons. The van der Waals surface area contributed by atoms with E-state index < -0.39 is 0 Å². The van der Waals surface area contributed by atoms with Crippen LogP contribution in [0.5, 0.6) is 0 Å². The van der Waals surface area contributed by atoms with E-state index in [2.05, 4.69) is 5.48 Å². The molecule has 0 spiro atoms. The van der Waals surface area contributed by atoms with Gasteiger partial charge in [-0.2, -0.15) is 0 Å². The van der Waals surface area contributed by atoms with Crippen LogP contribution in [0.3, 0.4) is 0 Å². The summed E-state index contributed by atoms with van der Waals surface area (Å²) >= 11 is 0. The lowest BCUT2D eigenvalue weighted by Gasteiger charge is -2.04. The summed E-state index contributed by atoms with van der Waals surface area (Å²) in [4.78, 5) is 16.6. The van der Waals surface area contributed by atoms with Gasteiger partial charge in [0.1, 0.15) is 5.58 Å². The van der Waals surface area contributed by atoms with E-state index in [1.807, 2.05) is 25.1 Å². The molecular weight excluding hydrogens is 246 g/mol. The lowest BCUT2D eigenvalue weighted by atomic mass is 10.1. The first kappa shape index (κ1) is 13.6. The molecule has 1 heterocycles. The molecule has 19 heavy (non-hydrogen) atoms. The fourth-order valence-corrected chi connectivity index (χ4v) is 1.79. The first-order valence-corrected chi connectivity index (χ1v) is 6.07. The van der Waals surface area contributed by atoms with Gasteiger partial charge in [0.2, 0.25) is 5.91 Å². The van der Waals surface area contributed by atoms with Crippen molar-refractivity contribution in [1.82, 2.24) is 5.48 Å². The number of amides is 1. The number of hydroxylamine groups is 1. The largest absolute Gasteiger partial charge is 0.464 e. The van der Waals surface area contributed by atoms with Crippen molar-refractivity contribution < 1.29 is 18.8 Å². The minimum atomic E-state index is -0.209. The number of aryl methyl sites for hydroxylation is 1. The maximum absolute atomic E-state index is 11.7. The summed E-state index contributed by atoms with van der Waals surface area (Å²) in [6, 6.07) is 5.91. The number of furan rings is 1. The van der Waals surface area contributed by atoms with Crippen molar-refractivity contribution in [3.63, 3.8) is 0 Å². The summed E-state index contributed by atoms with van der Waals surface area (Å²) in [6.07, 6.45) is 1.84. The van der Waals surface area contributed by atoms with E-state index in [-0.39, 0.29) is 12.3 Å². The van der Waals surface area contributed by atoms with E-state index in [0.717, 1.165) is 22.1 Å². The Bertz CT molecular complexity index is 562. The Hall–Kier alpha value is -1.85. The molecule has 1 N–H and O–H groups in total. The van der Waals surface area contributed by atoms with Crippen LogP contribution < -0.4 is 5.48 Å². The highest BCUT2D eigenvalue weighted by molar-refractivity contribution is 5.87. The molecule has 2 rings (SSSR count). The number of nitrogens with one attached hydrogen (secondary N) is 1. The molecule has 5 heteroatoms. The van der Waals surface area contributed by atoms with E-state index in [9.17, 15) is 4.79 Å². The van der Waals surface area contributed by atoms with Gasteiger partial charge < -0.3 is 9.15 Å². The SMILES string of the molecule is COCCONC(=O)Cc1coc2cc(C)ccc12. The topological polar surface area (TPSA) is 60.7 Å². The van der Waals surface area contributed by atoms with E-state index in [1.165, 1.54) is 0 Å². The Morgan fingerprint density at radius 3 is 3.00 bits per heavy atom. The second-order valence-corrected chi connectivity index (χ2v) is 4.30. The molecule has 0 aliphatic carbocycles. The van der Waals surface area contributed by atoms with Gasteiger partial charge in [0.05, 0.1) is 25.9 Å². The quantitative estimate of drug-likeness (QED) is 0.639. The molecule has 0 bridgehead atoms. The highest BCUT2D eigenvalue weighted by Gasteiger charge is 2.10. The summed E-state index contributed by atoms with van der Waals surface area (Å²) in [6.45, 7) is 2.76. The molecule has 1 aromatic heterocycles. The predicted octanol–water partition coefficient (Wildman–Crippen LogP) is 1.98. The van der Waals surface area contributed by atoms with Crippen LogP contribution in [-0.2, 0) is 20.8 Å². The van der Waals surface area contributed by atoms with Crippen molar-refractivity contribution in [3.8, 4) is 0 Å². The molecule has 0 saturated heterocycles. The maximum atomic E-state index is 11.7. The molecule has 0 aliphatic rings. The minimum Gasteiger partial charge on any atom is -0.464 e. The van der Waals surface area contributed by atoms with Crippen LogP contribution in [0, 0.1) is 6.92 Å². The van der Waals surface area contributed by atoms with Crippen molar-refractivity contribution in [1.29, 1.82) is 0 Å². The summed E-state index contributed by atoms with van der Waals surface area (Å²) in [5, 5.41) is 0.956. The van der Waals surface area contributed by atoms with E-state index in [1.54, 1.807) is 13.4 Å². The van der Waals surface area contributed by atoms with Crippen LogP contribution in [0.1, 0.15) is 11.1 Å². The molecule has 0 aliphatic heterocycles. The molecule has 0 saturated carbocycles. The third-order valence-electron chi connectivity index (χ3n) is 2.74. The lowest BCUT2D eigenvalue weighted by molar-refractivity contribution is -0.133. The number of carbonyl (C=O) groups excluding carboxylic acids is 1. The van der Waals surface area contributed by atoms with Crippen LogP contribution in [-0.4, -0.2) is 26.2 Å². The second-order valence-electron chi connectivity index (χ2n) is 4.30. The van der Waals surface area contributed by atoms with Gasteiger partial charge in [0.15, 0.2) is 0 Å². The smallest absolute Gasteiger partial charge is 0.248 e. The normalized spacial score (nSPS) is 10.8. The minimum absolute atomic E-state index is 0.209. The van der Waals surface area contributed by atoms with Gasteiger partial charge in [-0.3, -0.25) is 9.63 Å². The molecule has 2 aromatic rings. The Morgan fingerprint density at radius 2 is 2.21 bits per heavy atom. The average molecular weight is 263 g/mol. The zero-order valence-electron chi connectivity index (χ0n) is 11.1. The van der Waals surface area contributed by atoms with Crippen molar-refractivity contribution in [2.24, 2.45) is 0 Å². The van der Waals surface area contributed by atoms with Gasteiger partial charge in [-0.05, 0) is 18.6 Å². The average Bonchev–Trinajstić information content (AvgIpc) is 2.77. The summed E-state index contributed by atoms with van der Waals surface area (Å²) in [5.41, 5.74) is 5.14. The van der Waals surface area contributed by atoms with Crippen LogP contribution >= 0.6 is 0 Å². The maximum Gasteiger partial charge on any atom is 0.248 e. The predicted molar refractivity (Wildman–Crippen MR) is 70.6 cm³/mol. The first-order valence-electron chi connectivity index (χ1n) is 6.07. The molecule has 1 amide bonds. The Morgan fingerprint density at radius 1 is 1.37 bits per heavy atom. The highest BCUT2D eigenvalue weighted by atomic mass is 16.7. The van der Waals surface area contributed by atoms with Gasteiger partial charge in [-0.1, -0.05) is 12.1 Å². The summed E-state index contributed by atoms with van der Waals surface area (Å²) < 4.78 is 10.2. The zero-order chi connectivity index (χ0) is 13.7. The number of carbonyl (C=O) groups is 1. The molecule has 0 atom stereocenters. The third-order valence-corrected chi connectivity index (χ3v) is 2.74. The molecular formula is C14H17NO4. The van der Waals surface area contributed by atoms with Crippen molar-refractivity contribution in [2.75, 3.05) is 20.3 Å². The van der Waals surface area contributed by atoms with Gasteiger partial charge >= 0.3 is 0 Å². The number of benzene rings is 1. The highest BCUT2D eigenvalue weighted by Crippen LogP contribution is 2.22. The van der Waals surface area contributed by atoms with Crippen LogP contribution in [0.25, 0.3) is 11.0 Å². The summed E-state index contributed by atoms with van der Waals surface area (Å²) in [7, 11) is 1.57. The van der Waals surface area contributed by atoms with Crippen molar-refractivity contribution in [2.45, 2.75) is 13.3 Å². The van der Waals surface area contributed by atoms with Crippen LogP contribution in [0.4, 0.5) is 0 Å². The molecule has 0 unspecified atom stereocenters. The molecule has 5 nitrogen and oxygen atoms in total. The Labute approximate surface area is 111 Å². The monoisotopic (exact) mass is 263 g/mol. The molecule has 102 valence electrons. The summed E-state index contributed by atoms with van der Waals surface area (Å²) in [5.74, 6) is -0.209. The van der Waals surface area contributed by atoms with Crippen molar-refractivity contribution in [3.05, 3.63) is 35.6 Å². The number of methoxy groups -OCH3 is 1. The van der Waals surface area contributed by atoms with Crippen molar-refractivity contribution >= 4 is 16.9 Å². The lowest BCUT2D eigenvalue weighted by Crippen LogP contribution is -2.26. The first-order chi connectivity index (χ1) is 9.20. The number of fused-ring (bicyclic) bond motifs is 1. The molecule has 0 fully saturated rings.